The summed E-state index contributed by atoms with van der Waals surface area (Å²) in [6, 6.07) is 7.68. The summed E-state index contributed by atoms with van der Waals surface area (Å²) < 4.78 is 0. The van der Waals surface area contributed by atoms with Crippen molar-refractivity contribution in [1.82, 2.24) is 10.3 Å². The quantitative estimate of drug-likeness (QED) is 0.874. The summed E-state index contributed by atoms with van der Waals surface area (Å²) in [5.41, 5.74) is 3.70. The minimum atomic E-state index is -0.267. The van der Waals surface area contributed by atoms with Crippen LogP contribution in [0.2, 0.25) is 0 Å². The minimum absolute atomic E-state index is 0.162. The van der Waals surface area contributed by atoms with Crippen LogP contribution < -0.4 is 10.6 Å². The fourth-order valence-corrected chi connectivity index (χ4v) is 3.35. The Kier molecular flexibility index (Phi) is 5.66. The van der Waals surface area contributed by atoms with E-state index in [9.17, 15) is 9.59 Å². The van der Waals surface area contributed by atoms with Gasteiger partial charge in [-0.15, -0.1) is 0 Å². The molecule has 1 saturated carbocycles. The van der Waals surface area contributed by atoms with Gasteiger partial charge in [-0.2, -0.15) is 0 Å². The highest BCUT2D eigenvalue weighted by Crippen LogP contribution is 2.19. The summed E-state index contributed by atoms with van der Waals surface area (Å²) in [4.78, 5) is 29.1. The minimum Gasteiger partial charge on any atom is -0.349 e. The molecule has 5 nitrogen and oxygen atoms in total. The summed E-state index contributed by atoms with van der Waals surface area (Å²) in [5, 5.41) is 5.95. The number of pyridine rings is 1. The molecule has 5 heteroatoms. The van der Waals surface area contributed by atoms with Crippen LogP contribution in [0, 0.1) is 13.8 Å². The number of hydrogen-bond donors (Lipinski definition) is 2. The van der Waals surface area contributed by atoms with Crippen LogP contribution in [0.3, 0.4) is 0 Å². The van der Waals surface area contributed by atoms with Crippen LogP contribution >= 0.6 is 0 Å². The SMILES string of the molecule is Cc1ccc(NC(=O)c2cncc(C(=O)NC3CCCCC3)c2)c(C)c1. The van der Waals surface area contributed by atoms with E-state index < -0.39 is 0 Å². The second-order valence-electron chi connectivity index (χ2n) is 7.04. The fourth-order valence-electron chi connectivity index (χ4n) is 3.35. The van der Waals surface area contributed by atoms with Gasteiger partial charge in [0.1, 0.15) is 0 Å². The molecule has 0 aliphatic heterocycles. The molecule has 1 aliphatic carbocycles. The van der Waals surface area contributed by atoms with Gasteiger partial charge < -0.3 is 10.6 Å². The summed E-state index contributed by atoms with van der Waals surface area (Å²) in [6.07, 6.45) is 8.57. The molecule has 26 heavy (non-hydrogen) atoms. The molecule has 0 bridgehead atoms. The number of aryl methyl sites for hydroxylation is 2. The molecule has 0 radical (unpaired) electrons. The third-order valence-corrected chi connectivity index (χ3v) is 4.83. The number of hydrogen-bond acceptors (Lipinski definition) is 3. The van der Waals surface area contributed by atoms with Crippen molar-refractivity contribution < 1.29 is 9.59 Å². The molecule has 1 fully saturated rings. The van der Waals surface area contributed by atoms with Crippen molar-refractivity contribution >= 4 is 17.5 Å². The number of nitrogens with one attached hydrogen (secondary N) is 2. The van der Waals surface area contributed by atoms with Gasteiger partial charge in [0.15, 0.2) is 0 Å². The Labute approximate surface area is 154 Å². The van der Waals surface area contributed by atoms with Gasteiger partial charge in [0.05, 0.1) is 11.1 Å². The van der Waals surface area contributed by atoms with Gasteiger partial charge in [-0.3, -0.25) is 14.6 Å². The summed E-state index contributed by atoms with van der Waals surface area (Å²) in [5.74, 6) is -0.428. The molecule has 2 aromatic rings. The first-order valence-electron chi connectivity index (χ1n) is 9.17. The van der Waals surface area contributed by atoms with E-state index in [1.807, 2.05) is 32.0 Å². The molecule has 2 amide bonds. The van der Waals surface area contributed by atoms with E-state index in [1.54, 1.807) is 6.07 Å². The molecule has 0 spiro atoms. The van der Waals surface area contributed by atoms with Crippen LogP contribution in [0.25, 0.3) is 0 Å². The Morgan fingerprint density at radius 3 is 2.35 bits per heavy atom. The number of aromatic nitrogens is 1. The lowest BCUT2D eigenvalue weighted by molar-refractivity contribution is 0.0927. The average Bonchev–Trinajstić information content (AvgIpc) is 2.65. The highest BCUT2D eigenvalue weighted by molar-refractivity contribution is 6.06. The van der Waals surface area contributed by atoms with Gasteiger partial charge in [-0.1, -0.05) is 37.0 Å². The molecule has 3 rings (SSSR count). The van der Waals surface area contributed by atoms with Gasteiger partial charge >= 0.3 is 0 Å². The lowest BCUT2D eigenvalue weighted by Crippen LogP contribution is -2.36. The van der Waals surface area contributed by atoms with Crippen molar-refractivity contribution in [3.63, 3.8) is 0 Å². The van der Waals surface area contributed by atoms with E-state index in [1.165, 1.54) is 18.8 Å². The van der Waals surface area contributed by atoms with E-state index in [-0.39, 0.29) is 17.9 Å². The van der Waals surface area contributed by atoms with Gasteiger partial charge in [-0.25, -0.2) is 0 Å². The topological polar surface area (TPSA) is 71.1 Å². The van der Waals surface area contributed by atoms with Crippen LogP contribution in [-0.2, 0) is 0 Å². The van der Waals surface area contributed by atoms with Crippen LogP contribution in [0.1, 0.15) is 63.9 Å². The first-order chi connectivity index (χ1) is 12.5. The maximum Gasteiger partial charge on any atom is 0.257 e. The largest absolute Gasteiger partial charge is 0.349 e. The van der Waals surface area contributed by atoms with E-state index >= 15 is 0 Å². The monoisotopic (exact) mass is 351 g/mol. The Balaban J connectivity index is 1.69. The van der Waals surface area contributed by atoms with E-state index in [4.69, 9.17) is 0 Å². The van der Waals surface area contributed by atoms with Gasteiger partial charge in [0, 0.05) is 24.1 Å². The fraction of sp³-hybridized carbons (Fsp3) is 0.381. The Bertz CT molecular complexity index is 811. The predicted molar refractivity (Wildman–Crippen MR) is 102 cm³/mol. The Morgan fingerprint density at radius 2 is 1.65 bits per heavy atom. The van der Waals surface area contributed by atoms with Crippen molar-refractivity contribution in [1.29, 1.82) is 0 Å². The van der Waals surface area contributed by atoms with E-state index in [0.717, 1.165) is 42.5 Å². The number of benzene rings is 1. The highest BCUT2D eigenvalue weighted by atomic mass is 16.2. The zero-order valence-corrected chi connectivity index (χ0v) is 15.3. The average molecular weight is 351 g/mol. The van der Waals surface area contributed by atoms with Crippen molar-refractivity contribution in [2.45, 2.75) is 52.0 Å². The van der Waals surface area contributed by atoms with Crippen LogP contribution in [-0.4, -0.2) is 22.8 Å². The Morgan fingerprint density at radius 1 is 0.962 bits per heavy atom. The van der Waals surface area contributed by atoms with E-state index in [2.05, 4.69) is 15.6 Å². The number of anilines is 1. The molecule has 1 aromatic heterocycles. The molecular weight excluding hydrogens is 326 g/mol. The molecule has 2 N–H and O–H groups in total. The molecule has 0 atom stereocenters. The molecule has 0 unspecified atom stereocenters. The third-order valence-electron chi connectivity index (χ3n) is 4.83. The zero-order chi connectivity index (χ0) is 18.5. The van der Waals surface area contributed by atoms with Crippen molar-refractivity contribution in [3.05, 3.63) is 58.9 Å². The first kappa shape index (κ1) is 18.1. The molecular formula is C21H25N3O2. The molecule has 136 valence electrons. The summed E-state index contributed by atoms with van der Waals surface area (Å²) in [7, 11) is 0. The standard InChI is InChI=1S/C21H25N3O2/c1-14-8-9-19(15(2)10-14)24-21(26)17-11-16(12-22-13-17)20(25)23-18-6-4-3-5-7-18/h8-13,18H,3-7H2,1-2H3,(H,23,25)(H,24,26). The summed E-state index contributed by atoms with van der Waals surface area (Å²) >= 11 is 0. The maximum atomic E-state index is 12.5. The number of rotatable bonds is 4. The number of carbonyl (C=O) groups is 2. The lowest BCUT2D eigenvalue weighted by Gasteiger charge is -2.22. The zero-order valence-electron chi connectivity index (χ0n) is 15.3. The van der Waals surface area contributed by atoms with Crippen molar-refractivity contribution in [3.8, 4) is 0 Å². The smallest absolute Gasteiger partial charge is 0.257 e. The molecule has 0 saturated heterocycles. The van der Waals surface area contributed by atoms with Gasteiger partial charge in [0.25, 0.3) is 11.8 Å². The molecule has 1 heterocycles. The summed E-state index contributed by atoms with van der Waals surface area (Å²) in [6.45, 7) is 3.96. The van der Waals surface area contributed by atoms with Gasteiger partial charge in [-0.05, 0) is 44.4 Å². The van der Waals surface area contributed by atoms with Crippen molar-refractivity contribution in [2.24, 2.45) is 0 Å². The van der Waals surface area contributed by atoms with Crippen LogP contribution in [0.15, 0.2) is 36.7 Å². The first-order valence-corrected chi connectivity index (χ1v) is 9.17. The predicted octanol–water partition coefficient (Wildman–Crippen LogP) is 4.01. The second kappa shape index (κ2) is 8.13. The van der Waals surface area contributed by atoms with Gasteiger partial charge in [0.2, 0.25) is 0 Å². The maximum absolute atomic E-state index is 12.5. The molecule has 1 aromatic carbocycles. The van der Waals surface area contributed by atoms with Crippen LogP contribution in [0.4, 0.5) is 5.69 Å². The van der Waals surface area contributed by atoms with Crippen molar-refractivity contribution in [2.75, 3.05) is 5.32 Å². The Hall–Kier alpha value is -2.69. The molecule has 1 aliphatic rings. The van der Waals surface area contributed by atoms with Crippen LogP contribution in [0.5, 0.6) is 0 Å². The number of nitrogens with zero attached hydrogens (tertiary/aromatic N) is 1. The normalized spacial score (nSPS) is 14.7. The lowest BCUT2D eigenvalue weighted by atomic mass is 9.95. The number of carbonyl (C=O) groups excluding carboxylic acids is 2. The number of amides is 2. The second-order valence-corrected chi connectivity index (χ2v) is 7.04. The highest BCUT2D eigenvalue weighted by Gasteiger charge is 2.18. The third kappa shape index (κ3) is 4.48. The van der Waals surface area contributed by atoms with E-state index in [0.29, 0.717) is 11.1 Å².